The van der Waals surface area contributed by atoms with Gasteiger partial charge >= 0.3 is 0 Å². The fraction of sp³-hybridized carbons (Fsp3) is 0.917. The molecule has 0 bridgehead atoms. The molecule has 0 spiro atoms. The van der Waals surface area contributed by atoms with Crippen LogP contribution in [0.5, 0.6) is 0 Å². The molecule has 0 aromatic carbocycles. The first-order chi connectivity index (χ1) is 7.70. The van der Waals surface area contributed by atoms with Gasteiger partial charge in [-0.3, -0.25) is 4.79 Å². The maximum absolute atomic E-state index is 10.4. The molecule has 4 heteroatoms. The van der Waals surface area contributed by atoms with Gasteiger partial charge in [-0.2, -0.15) is 0 Å². The number of nitrogens with one attached hydrogen (secondary N) is 1. The summed E-state index contributed by atoms with van der Waals surface area (Å²) in [5, 5.41) is 3.34. The Bertz CT molecular complexity index is 174. The summed E-state index contributed by atoms with van der Waals surface area (Å²) in [7, 11) is 0. The number of hydrogen-bond donors (Lipinski definition) is 2. The molecule has 0 fully saturated rings. The molecule has 0 saturated carbocycles. The number of ether oxygens (including phenoxy) is 1. The Labute approximate surface area is 98.9 Å². The number of primary amides is 1. The summed E-state index contributed by atoms with van der Waals surface area (Å²) >= 11 is 0. The average molecular weight is 230 g/mol. The average Bonchev–Trinajstić information content (AvgIpc) is 2.26. The Balaban J connectivity index is 3.30. The lowest BCUT2D eigenvalue weighted by molar-refractivity contribution is -0.122. The largest absolute Gasteiger partial charge is 0.370 e. The molecule has 96 valence electrons. The van der Waals surface area contributed by atoms with Crippen LogP contribution in [0.2, 0.25) is 0 Å². The third kappa shape index (κ3) is 9.93. The zero-order valence-corrected chi connectivity index (χ0v) is 10.6. The fourth-order valence-corrected chi connectivity index (χ4v) is 1.57. The Morgan fingerprint density at radius 2 is 2.19 bits per heavy atom. The first-order valence-electron chi connectivity index (χ1n) is 6.27. The van der Waals surface area contributed by atoms with Crippen LogP contribution in [-0.4, -0.2) is 32.2 Å². The molecule has 1 unspecified atom stereocenters. The van der Waals surface area contributed by atoms with Gasteiger partial charge in [0.2, 0.25) is 5.91 Å². The zero-order chi connectivity index (χ0) is 12.2. The van der Waals surface area contributed by atoms with E-state index < -0.39 is 5.91 Å². The van der Waals surface area contributed by atoms with Crippen molar-refractivity contribution in [3.63, 3.8) is 0 Å². The molecule has 16 heavy (non-hydrogen) atoms. The molecule has 1 atom stereocenters. The highest BCUT2D eigenvalue weighted by Gasteiger charge is 2.04. The summed E-state index contributed by atoms with van der Waals surface area (Å²) in [6, 6.07) is 0. The van der Waals surface area contributed by atoms with Crippen LogP contribution in [-0.2, 0) is 9.53 Å². The van der Waals surface area contributed by atoms with Gasteiger partial charge in [-0.25, -0.2) is 0 Å². The quantitative estimate of drug-likeness (QED) is 0.526. The molecule has 0 aliphatic heterocycles. The summed E-state index contributed by atoms with van der Waals surface area (Å²) in [5.74, 6) is 0.352. The standard InChI is InChI=1S/C12H26N2O2/c1-3-5-6-11(4-2)9-14-7-8-16-10-12(13)15/h11,14H,3-10H2,1-2H3,(H2,13,15). The number of hydrogen-bond acceptors (Lipinski definition) is 3. The van der Waals surface area contributed by atoms with Crippen LogP contribution in [0.3, 0.4) is 0 Å². The van der Waals surface area contributed by atoms with Crippen LogP contribution in [0.25, 0.3) is 0 Å². The molecule has 0 aromatic rings. The van der Waals surface area contributed by atoms with E-state index in [1.54, 1.807) is 0 Å². The topological polar surface area (TPSA) is 64.3 Å². The van der Waals surface area contributed by atoms with Crippen molar-refractivity contribution in [2.24, 2.45) is 11.7 Å². The number of nitrogens with two attached hydrogens (primary N) is 1. The van der Waals surface area contributed by atoms with Crippen molar-refractivity contribution in [3.05, 3.63) is 0 Å². The zero-order valence-electron chi connectivity index (χ0n) is 10.6. The minimum absolute atomic E-state index is 0.0225. The van der Waals surface area contributed by atoms with Crippen LogP contribution < -0.4 is 11.1 Å². The number of amides is 1. The van der Waals surface area contributed by atoms with Gasteiger partial charge < -0.3 is 15.8 Å². The summed E-state index contributed by atoms with van der Waals surface area (Å²) in [4.78, 5) is 10.4. The Hall–Kier alpha value is -0.610. The first-order valence-corrected chi connectivity index (χ1v) is 6.27. The van der Waals surface area contributed by atoms with Gasteiger partial charge in [0.1, 0.15) is 6.61 Å². The second-order valence-corrected chi connectivity index (χ2v) is 4.14. The van der Waals surface area contributed by atoms with E-state index in [1.807, 2.05) is 0 Å². The van der Waals surface area contributed by atoms with Crippen molar-refractivity contribution in [3.8, 4) is 0 Å². The number of carbonyl (C=O) groups excluding carboxylic acids is 1. The molecular weight excluding hydrogens is 204 g/mol. The Morgan fingerprint density at radius 3 is 2.75 bits per heavy atom. The van der Waals surface area contributed by atoms with Crippen LogP contribution >= 0.6 is 0 Å². The van der Waals surface area contributed by atoms with Gasteiger partial charge in [0.15, 0.2) is 0 Å². The Morgan fingerprint density at radius 1 is 1.44 bits per heavy atom. The predicted octanol–water partition coefficient (Wildman–Crippen LogP) is 1.29. The minimum Gasteiger partial charge on any atom is -0.370 e. The van der Waals surface area contributed by atoms with Crippen molar-refractivity contribution < 1.29 is 9.53 Å². The molecule has 0 radical (unpaired) electrons. The third-order valence-corrected chi connectivity index (χ3v) is 2.64. The lowest BCUT2D eigenvalue weighted by Gasteiger charge is -2.15. The highest BCUT2D eigenvalue weighted by molar-refractivity contribution is 5.74. The van der Waals surface area contributed by atoms with Crippen LogP contribution in [0, 0.1) is 5.92 Å². The van der Waals surface area contributed by atoms with E-state index in [4.69, 9.17) is 10.5 Å². The maximum atomic E-state index is 10.4. The smallest absolute Gasteiger partial charge is 0.243 e. The molecule has 0 aliphatic carbocycles. The van der Waals surface area contributed by atoms with Gasteiger partial charge in [-0.15, -0.1) is 0 Å². The molecular formula is C12H26N2O2. The van der Waals surface area contributed by atoms with Crippen molar-refractivity contribution in [2.75, 3.05) is 26.3 Å². The SMILES string of the molecule is CCCCC(CC)CNCCOCC(N)=O. The minimum atomic E-state index is -0.408. The van der Waals surface area contributed by atoms with E-state index in [0.29, 0.717) is 6.61 Å². The van der Waals surface area contributed by atoms with Crippen LogP contribution in [0.1, 0.15) is 39.5 Å². The second kappa shape index (κ2) is 10.9. The summed E-state index contributed by atoms with van der Waals surface area (Å²) < 4.78 is 5.05. The molecule has 0 aromatic heterocycles. The predicted molar refractivity (Wildman–Crippen MR) is 66.2 cm³/mol. The van der Waals surface area contributed by atoms with Gasteiger partial charge in [-0.1, -0.05) is 33.1 Å². The molecule has 3 N–H and O–H groups in total. The maximum Gasteiger partial charge on any atom is 0.243 e. The monoisotopic (exact) mass is 230 g/mol. The third-order valence-electron chi connectivity index (χ3n) is 2.64. The van der Waals surface area contributed by atoms with Gasteiger partial charge in [-0.05, 0) is 18.9 Å². The fourth-order valence-electron chi connectivity index (χ4n) is 1.57. The molecule has 0 rings (SSSR count). The first kappa shape index (κ1) is 15.4. The van der Waals surface area contributed by atoms with E-state index in [-0.39, 0.29) is 6.61 Å². The van der Waals surface area contributed by atoms with E-state index in [2.05, 4.69) is 19.2 Å². The Kier molecular flexibility index (Phi) is 10.5. The van der Waals surface area contributed by atoms with Crippen LogP contribution in [0.4, 0.5) is 0 Å². The van der Waals surface area contributed by atoms with Crippen LogP contribution in [0.15, 0.2) is 0 Å². The molecule has 4 nitrogen and oxygen atoms in total. The van der Waals surface area contributed by atoms with E-state index >= 15 is 0 Å². The van der Waals surface area contributed by atoms with E-state index in [9.17, 15) is 4.79 Å². The lowest BCUT2D eigenvalue weighted by Crippen LogP contribution is -2.27. The highest BCUT2D eigenvalue weighted by atomic mass is 16.5. The summed E-state index contributed by atoms with van der Waals surface area (Å²) in [6.45, 7) is 6.84. The van der Waals surface area contributed by atoms with Crippen molar-refractivity contribution in [2.45, 2.75) is 39.5 Å². The van der Waals surface area contributed by atoms with Crippen molar-refractivity contribution >= 4 is 5.91 Å². The second-order valence-electron chi connectivity index (χ2n) is 4.14. The van der Waals surface area contributed by atoms with E-state index in [0.717, 1.165) is 19.0 Å². The van der Waals surface area contributed by atoms with Crippen molar-refractivity contribution in [1.82, 2.24) is 5.32 Å². The number of rotatable bonds is 11. The molecule has 1 amide bonds. The lowest BCUT2D eigenvalue weighted by atomic mass is 9.99. The molecule has 0 saturated heterocycles. The summed E-state index contributed by atoms with van der Waals surface area (Å²) in [5.41, 5.74) is 4.95. The summed E-state index contributed by atoms with van der Waals surface area (Å²) in [6.07, 6.45) is 5.08. The van der Waals surface area contributed by atoms with Gasteiger partial charge in [0, 0.05) is 6.54 Å². The number of carbonyl (C=O) groups is 1. The van der Waals surface area contributed by atoms with E-state index in [1.165, 1.54) is 25.7 Å². The number of unbranched alkanes of at least 4 members (excludes halogenated alkanes) is 1. The highest BCUT2D eigenvalue weighted by Crippen LogP contribution is 2.10. The van der Waals surface area contributed by atoms with Crippen molar-refractivity contribution in [1.29, 1.82) is 0 Å². The normalized spacial score (nSPS) is 12.6. The van der Waals surface area contributed by atoms with Gasteiger partial charge in [0.25, 0.3) is 0 Å². The molecule has 0 aliphatic rings. The van der Waals surface area contributed by atoms with Gasteiger partial charge in [0.05, 0.1) is 6.61 Å². The molecule has 0 heterocycles.